The Morgan fingerprint density at radius 3 is 3.05 bits per heavy atom. The molecular formula is C12H14N2O4S. The lowest BCUT2D eigenvalue weighted by Crippen LogP contribution is -2.50. The van der Waals surface area contributed by atoms with Crippen molar-refractivity contribution in [3.63, 3.8) is 0 Å². The van der Waals surface area contributed by atoms with E-state index in [0.717, 1.165) is 4.88 Å². The molecule has 102 valence electrons. The normalized spacial score (nSPS) is 19.1. The van der Waals surface area contributed by atoms with Crippen molar-refractivity contribution in [2.24, 2.45) is 0 Å². The number of piperidine rings is 1. The Morgan fingerprint density at radius 1 is 1.58 bits per heavy atom. The van der Waals surface area contributed by atoms with Crippen molar-refractivity contribution in [2.45, 2.75) is 25.4 Å². The van der Waals surface area contributed by atoms with Gasteiger partial charge in [-0.15, -0.1) is 11.3 Å². The largest absolute Gasteiger partial charge is 0.465 e. The van der Waals surface area contributed by atoms with Crippen LogP contribution in [0.1, 0.15) is 28.1 Å². The SMILES string of the molecule is COC(=O)c1ccsc1CNC1CCC(=O)NC1=O. The number of ether oxygens (including phenoxy) is 1. The van der Waals surface area contributed by atoms with Crippen LogP contribution in [0.15, 0.2) is 11.4 Å². The molecule has 0 saturated carbocycles. The fourth-order valence-corrected chi connectivity index (χ4v) is 2.69. The summed E-state index contributed by atoms with van der Waals surface area (Å²) in [6, 6.07) is 1.29. The van der Waals surface area contributed by atoms with Gasteiger partial charge in [0.05, 0.1) is 18.7 Å². The number of hydrogen-bond donors (Lipinski definition) is 2. The molecule has 7 heteroatoms. The van der Waals surface area contributed by atoms with Crippen LogP contribution in [-0.2, 0) is 20.9 Å². The van der Waals surface area contributed by atoms with Crippen molar-refractivity contribution in [3.8, 4) is 0 Å². The van der Waals surface area contributed by atoms with Crippen LogP contribution in [0, 0.1) is 0 Å². The quantitative estimate of drug-likeness (QED) is 0.618. The highest BCUT2D eigenvalue weighted by atomic mass is 32.1. The summed E-state index contributed by atoms with van der Waals surface area (Å²) in [5.74, 6) is -0.942. The second-order valence-electron chi connectivity index (χ2n) is 4.13. The summed E-state index contributed by atoms with van der Waals surface area (Å²) in [4.78, 5) is 34.9. The fraction of sp³-hybridized carbons (Fsp3) is 0.417. The number of amides is 2. The summed E-state index contributed by atoms with van der Waals surface area (Å²) in [6.07, 6.45) is 0.807. The van der Waals surface area contributed by atoms with Gasteiger partial charge >= 0.3 is 5.97 Å². The van der Waals surface area contributed by atoms with E-state index in [1.807, 2.05) is 0 Å². The van der Waals surface area contributed by atoms with Crippen LogP contribution in [0.4, 0.5) is 0 Å². The first-order valence-electron chi connectivity index (χ1n) is 5.83. The Labute approximate surface area is 114 Å². The zero-order valence-corrected chi connectivity index (χ0v) is 11.2. The van der Waals surface area contributed by atoms with Crippen LogP contribution in [-0.4, -0.2) is 30.9 Å². The molecule has 2 rings (SSSR count). The molecule has 1 fully saturated rings. The molecule has 0 radical (unpaired) electrons. The maximum absolute atomic E-state index is 11.6. The first-order chi connectivity index (χ1) is 9.11. The predicted molar refractivity (Wildman–Crippen MR) is 68.7 cm³/mol. The molecule has 1 atom stereocenters. The molecule has 1 saturated heterocycles. The molecule has 2 N–H and O–H groups in total. The maximum Gasteiger partial charge on any atom is 0.339 e. The minimum absolute atomic E-state index is 0.241. The van der Waals surface area contributed by atoms with Gasteiger partial charge in [0.1, 0.15) is 0 Å². The summed E-state index contributed by atoms with van der Waals surface area (Å²) in [5.41, 5.74) is 0.507. The first-order valence-corrected chi connectivity index (χ1v) is 6.71. The monoisotopic (exact) mass is 282 g/mol. The number of imide groups is 1. The number of carbonyl (C=O) groups excluding carboxylic acids is 3. The third-order valence-corrected chi connectivity index (χ3v) is 3.82. The van der Waals surface area contributed by atoms with Gasteiger partial charge in [0.15, 0.2) is 0 Å². The van der Waals surface area contributed by atoms with Crippen LogP contribution in [0.5, 0.6) is 0 Å². The van der Waals surface area contributed by atoms with E-state index in [4.69, 9.17) is 0 Å². The zero-order valence-electron chi connectivity index (χ0n) is 10.4. The van der Waals surface area contributed by atoms with E-state index in [-0.39, 0.29) is 17.8 Å². The van der Waals surface area contributed by atoms with E-state index in [1.54, 1.807) is 11.4 Å². The number of carbonyl (C=O) groups is 3. The van der Waals surface area contributed by atoms with Crippen molar-refractivity contribution >= 4 is 29.1 Å². The molecule has 0 aromatic carbocycles. The van der Waals surface area contributed by atoms with Crippen molar-refractivity contribution in [3.05, 3.63) is 21.9 Å². The molecule has 1 aromatic heterocycles. The van der Waals surface area contributed by atoms with Crippen LogP contribution in [0.25, 0.3) is 0 Å². The first kappa shape index (κ1) is 13.7. The van der Waals surface area contributed by atoms with E-state index >= 15 is 0 Å². The molecule has 1 unspecified atom stereocenters. The van der Waals surface area contributed by atoms with E-state index in [2.05, 4.69) is 15.4 Å². The second-order valence-corrected chi connectivity index (χ2v) is 5.13. The minimum Gasteiger partial charge on any atom is -0.465 e. The summed E-state index contributed by atoms with van der Waals surface area (Å²) in [6.45, 7) is 0.397. The van der Waals surface area contributed by atoms with Gasteiger partial charge in [-0.25, -0.2) is 4.79 Å². The van der Waals surface area contributed by atoms with Crippen LogP contribution < -0.4 is 10.6 Å². The summed E-state index contributed by atoms with van der Waals surface area (Å²) in [5, 5.41) is 7.13. The molecule has 2 amide bonds. The Bertz CT molecular complexity index is 512. The number of esters is 1. The highest BCUT2D eigenvalue weighted by molar-refractivity contribution is 7.10. The van der Waals surface area contributed by atoms with E-state index in [0.29, 0.717) is 24.9 Å². The third kappa shape index (κ3) is 3.18. The molecule has 0 spiro atoms. The predicted octanol–water partition coefficient (Wildman–Crippen LogP) is 0.429. The fourth-order valence-electron chi connectivity index (χ4n) is 1.87. The van der Waals surface area contributed by atoms with Crippen molar-refractivity contribution in [2.75, 3.05) is 7.11 Å². The lowest BCUT2D eigenvalue weighted by atomic mass is 10.1. The topological polar surface area (TPSA) is 84.5 Å². The van der Waals surface area contributed by atoms with Crippen LogP contribution in [0.3, 0.4) is 0 Å². The minimum atomic E-state index is -0.398. The molecule has 1 aromatic rings. The van der Waals surface area contributed by atoms with E-state index in [9.17, 15) is 14.4 Å². The molecule has 1 aliphatic heterocycles. The number of methoxy groups -OCH3 is 1. The molecule has 0 bridgehead atoms. The highest BCUT2D eigenvalue weighted by Gasteiger charge is 2.26. The Balaban J connectivity index is 1.96. The van der Waals surface area contributed by atoms with Crippen molar-refractivity contribution in [1.29, 1.82) is 0 Å². The average molecular weight is 282 g/mol. The Hall–Kier alpha value is -1.73. The number of thiophene rings is 1. The van der Waals surface area contributed by atoms with Gasteiger partial charge in [0.25, 0.3) is 0 Å². The summed E-state index contributed by atoms with van der Waals surface area (Å²) < 4.78 is 4.68. The van der Waals surface area contributed by atoms with Gasteiger partial charge < -0.3 is 10.1 Å². The molecule has 19 heavy (non-hydrogen) atoms. The molecule has 2 heterocycles. The van der Waals surface area contributed by atoms with Crippen molar-refractivity contribution < 1.29 is 19.1 Å². The third-order valence-electron chi connectivity index (χ3n) is 2.90. The van der Waals surface area contributed by atoms with Gasteiger partial charge in [0.2, 0.25) is 11.8 Å². The summed E-state index contributed by atoms with van der Waals surface area (Å²) in [7, 11) is 1.33. The van der Waals surface area contributed by atoms with E-state index in [1.165, 1.54) is 18.4 Å². The van der Waals surface area contributed by atoms with Crippen LogP contribution >= 0.6 is 11.3 Å². The molecular weight excluding hydrogens is 268 g/mol. The highest BCUT2D eigenvalue weighted by Crippen LogP contribution is 2.18. The zero-order chi connectivity index (χ0) is 13.8. The molecule has 1 aliphatic rings. The Morgan fingerprint density at radius 2 is 2.37 bits per heavy atom. The lowest BCUT2D eigenvalue weighted by Gasteiger charge is -2.21. The number of rotatable bonds is 4. The Kier molecular flexibility index (Phi) is 4.28. The van der Waals surface area contributed by atoms with Gasteiger partial charge in [-0.1, -0.05) is 0 Å². The number of nitrogens with one attached hydrogen (secondary N) is 2. The van der Waals surface area contributed by atoms with Crippen molar-refractivity contribution in [1.82, 2.24) is 10.6 Å². The smallest absolute Gasteiger partial charge is 0.339 e. The standard InChI is InChI=1S/C12H14N2O4S/c1-18-12(17)7-4-5-19-9(7)6-13-8-2-3-10(15)14-11(8)16/h4-5,8,13H,2-3,6H2,1H3,(H,14,15,16). The van der Waals surface area contributed by atoms with E-state index < -0.39 is 6.04 Å². The lowest BCUT2D eigenvalue weighted by molar-refractivity contribution is -0.134. The maximum atomic E-state index is 11.6. The van der Waals surface area contributed by atoms with Gasteiger partial charge in [-0.2, -0.15) is 0 Å². The molecule has 0 aliphatic carbocycles. The summed E-state index contributed by atoms with van der Waals surface area (Å²) >= 11 is 1.42. The average Bonchev–Trinajstić information content (AvgIpc) is 2.85. The van der Waals surface area contributed by atoms with Gasteiger partial charge in [0, 0.05) is 17.8 Å². The van der Waals surface area contributed by atoms with Crippen LogP contribution in [0.2, 0.25) is 0 Å². The van der Waals surface area contributed by atoms with Gasteiger partial charge in [-0.3, -0.25) is 14.9 Å². The second kappa shape index (κ2) is 5.94. The molecule has 6 nitrogen and oxygen atoms in total. The van der Waals surface area contributed by atoms with Gasteiger partial charge in [-0.05, 0) is 17.9 Å². The number of hydrogen-bond acceptors (Lipinski definition) is 6.